The zero-order valence-corrected chi connectivity index (χ0v) is 14.4. The number of carbonyl (C=O) groups is 1. The van der Waals surface area contributed by atoms with Gasteiger partial charge in [0.2, 0.25) is 0 Å². The number of methoxy groups -OCH3 is 2. The third-order valence-corrected chi connectivity index (χ3v) is 3.92. The lowest BCUT2D eigenvalue weighted by molar-refractivity contribution is 0.0952. The van der Waals surface area contributed by atoms with Crippen LogP contribution < -0.4 is 14.9 Å². The van der Waals surface area contributed by atoms with Crippen LogP contribution in [-0.2, 0) is 0 Å². The van der Waals surface area contributed by atoms with Crippen LogP contribution in [-0.4, -0.2) is 31.4 Å². The van der Waals surface area contributed by atoms with E-state index in [1.165, 1.54) is 6.21 Å². The predicted octanol–water partition coefficient (Wildman–Crippen LogP) is 3.33. The third kappa shape index (κ3) is 3.59. The lowest BCUT2D eigenvalue weighted by Crippen LogP contribution is -2.17. The number of fused-ring (bicyclic) bond motifs is 1. The molecular formula is C20H18N2O4. The van der Waals surface area contributed by atoms with Crippen LogP contribution >= 0.6 is 0 Å². The molecule has 0 saturated carbocycles. The van der Waals surface area contributed by atoms with E-state index in [2.05, 4.69) is 10.5 Å². The van der Waals surface area contributed by atoms with E-state index in [-0.39, 0.29) is 11.3 Å². The number of rotatable bonds is 5. The molecule has 26 heavy (non-hydrogen) atoms. The predicted molar refractivity (Wildman–Crippen MR) is 100 cm³/mol. The Balaban J connectivity index is 1.81. The van der Waals surface area contributed by atoms with E-state index in [9.17, 15) is 9.90 Å². The first kappa shape index (κ1) is 17.3. The van der Waals surface area contributed by atoms with Crippen LogP contribution in [0.2, 0.25) is 0 Å². The molecule has 0 bridgehead atoms. The van der Waals surface area contributed by atoms with E-state index in [4.69, 9.17) is 9.47 Å². The van der Waals surface area contributed by atoms with Crippen LogP contribution in [0.5, 0.6) is 17.2 Å². The van der Waals surface area contributed by atoms with Crippen molar-refractivity contribution in [1.82, 2.24) is 5.43 Å². The summed E-state index contributed by atoms with van der Waals surface area (Å²) in [7, 11) is 3.11. The van der Waals surface area contributed by atoms with Crippen molar-refractivity contribution in [1.29, 1.82) is 0 Å². The molecule has 6 heteroatoms. The number of nitrogens with zero attached hydrogens (tertiary/aromatic N) is 1. The van der Waals surface area contributed by atoms with Crippen molar-refractivity contribution in [2.24, 2.45) is 5.10 Å². The maximum absolute atomic E-state index is 12.3. The number of hydrogen-bond acceptors (Lipinski definition) is 5. The van der Waals surface area contributed by atoms with Gasteiger partial charge in [-0.15, -0.1) is 0 Å². The summed E-state index contributed by atoms with van der Waals surface area (Å²) in [5.41, 5.74) is 3.22. The number of phenolic OH excluding ortho intramolecular Hbond substituents is 1. The second kappa shape index (κ2) is 7.57. The first-order valence-corrected chi connectivity index (χ1v) is 7.89. The number of benzene rings is 3. The van der Waals surface area contributed by atoms with E-state index in [1.54, 1.807) is 44.6 Å². The van der Waals surface area contributed by atoms with Gasteiger partial charge in [-0.3, -0.25) is 4.79 Å². The third-order valence-electron chi connectivity index (χ3n) is 3.92. The van der Waals surface area contributed by atoms with E-state index in [0.717, 1.165) is 10.8 Å². The second-order valence-corrected chi connectivity index (χ2v) is 5.52. The van der Waals surface area contributed by atoms with E-state index in [0.29, 0.717) is 17.1 Å². The number of hydrogen-bond donors (Lipinski definition) is 2. The SMILES string of the molecule is COc1ccc(OC)c(C=NNC(=O)c2cc3ccccc3cc2O)c1. The van der Waals surface area contributed by atoms with Crippen molar-refractivity contribution in [3.63, 3.8) is 0 Å². The van der Waals surface area contributed by atoms with Gasteiger partial charge in [0.1, 0.15) is 17.2 Å². The van der Waals surface area contributed by atoms with Gasteiger partial charge in [0, 0.05) is 5.56 Å². The number of phenols is 1. The summed E-state index contributed by atoms with van der Waals surface area (Å²) in [6.07, 6.45) is 1.46. The summed E-state index contributed by atoms with van der Waals surface area (Å²) in [5, 5.41) is 15.8. The van der Waals surface area contributed by atoms with Crippen LogP contribution in [0.1, 0.15) is 15.9 Å². The Kier molecular flexibility index (Phi) is 5.03. The molecule has 0 aliphatic heterocycles. The van der Waals surface area contributed by atoms with Gasteiger partial charge in [0.05, 0.1) is 26.0 Å². The molecule has 6 nitrogen and oxygen atoms in total. The topological polar surface area (TPSA) is 80.2 Å². The maximum atomic E-state index is 12.3. The first-order chi connectivity index (χ1) is 12.6. The van der Waals surface area contributed by atoms with Gasteiger partial charge >= 0.3 is 0 Å². The van der Waals surface area contributed by atoms with Gasteiger partial charge in [-0.25, -0.2) is 5.43 Å². The summed E-state index contributed by atoms with van der Waals surface area (Å²) in [6.45, 7) is 0. The number of amides is 1. The monoisotopic (exact) mass is 350 g/mol. The number of hydrazone groups is 1. The minimum absolute atomic E-state index is 0.102. The molecule has 0 fully saturated rings. The minimum Gasteiger partial charge on any atom is -0.507 e. The fourth-order valence-corrected chi connectivity index (χ4v) is 2.57. The van der Waals surface area contributed by atoms with E-state index >= 15 is 0 Å². The standard InChI is InChI=1S/C20H18N2O4/c1-25-16-7-8-19(26-2)15(9-16)12-21-22-20(24)17-10-13-5-3-4-6-14(13)11-18(17)23/h3-12,23H,1-2H3,(H,22,24). The van der Waals surface area contributed by atoms with Gasteiger partial charge in [-0.1, -0.05) is 24.3 Å². The molecule has 0 radical (unpaired) electrons. The highest BCUT2D eigenvalue weighted by Gasteiger charge is 2.12. The average molecular weight is 350 g/mol. The fraction of sp³-hybridized carbons (Fsp3) is 0.100. The van der Waals surface area contributed by atoms with Crippen LogP contribution in [0.15, 0.2) is 59.7 Å². The largest absolute Gasteiger partial charge is 0.507 e. The smallest absolute Gasteiger partial charge is 0.275 e. The quantitative estimate of drug-likeness (QED) is 0.546. The molecular weight excluding hydrogens is 332 g/mol. The van der Waals surface area contributed by atoms with Crippen molar-refractivity contribution < 1.29 is 19.4 Å². The first-order valence-electron chi connectivity index (χ1n) is 7.89. The number of carbonyl (C=O) groups excluding carboxylic acids is 1. The Morgan fingerprint density at radius 3 is 2.46 bits per heavy atom. The summed E-state index contributed by atoms with van der Waals surface area (Å²) in [6, 6.07) is 15.9. The maximum Gasteiger partial charge on any atom is 0.275 e. The molecule has 0 heterocycles. The normalized spacial score (nSPS) is 10.8. The number of aromatic hydroxyl groups is 1. The van der Waals surface area contributed by atoms with Crippen LogP contribution in [0, 0.1) is 0 Å². The van der Waals surface area contributed by atoms with Gasteiger partial charge in [-0.05, 0) is 41.1 Å². The zero-order valence-electron chi connectivity index (χ0n) is 14.4. The average Bonchev–Trinajstić information content (AvgIpc) is 2.67. The van der Waals surface area contributed by atoms with Crippen LogP contribution in [0.25, 0.3) is 10.8 Å². The summed E-state index contributed by atoms with van der Waals surface area (Å²) in [5.74, 6) is 0.629. The fourth-order valence-electron chi connectivity index (χ4n) is 2.57. The lowest BCUT2D eigenvalue weighted by Gasteiger charge is -2.07. The van der Waals surface area contributed by atoms with Crippen LogP contribution in [0.3, 0.4) is 0 Å². The van der Waals surface area contributed by atoms with Crippen LogP contribution in [0.4, 0.5) is 0 Å². The summed E-state index contributed by atoms with van der Waals surface area (Å²) < 4.78 is 10.4. The molecule has 0 aliphatic carbocycles. The molecule has 0 aliphatic rings. The Morgan fingerprint density at radius 1 is 1.04 bits per heavy atom. The highest BCUT2D eigenvalue weighted by Crippen LogP contribution is 2.25. The van der Waals surface area contributed by atoms with Crippen molar-refractivity contribution in [2.75, 3.05) is 14.2 Å². The van der Waals surface area contributed by atoms with E-state index < -0.39 is 5.91 Å². The molecule has 0 saturated heterocycles. The van der Waals surface area contributed by atoms with Crippen molar-refractivity contribution in [2.45, 2.75) is 0 Å². The van der Waals surface area contributed by atoms with Gasteiger partial charge < -0.3 is 14.6 Å². The number of nitrogens with one attached hydrogen (secondary N) is 1. The molecule has 0 unspecified atom stereocenters. The number of ether oxygens (including phenoxy) is 2. The Bertz CT molecular complexity index is 983. The van der Waals surface area contributed by atoms with Crippen molar-refractivity contribution >= 4 is 22.9 Å². The Hall–Kier alpha value is -3.54. The van der Waals surface area contributed by atoms with E-state index in [1.807, 2.05) is 24.3 Å². The molecule has 2 N–H and O–H groups in total. The molecule has 3 rings (SSSR count). The van der Waals surface area contributed by atoms with Gasteiger partial charge in [-0.2, -0.15) is 5.10 Å². The minimum atomic E-state index is -0.508. The highest BCUT2D eigenvalue weighted by atomic mass is 16.5. The molecule has 0 atom stereocenters. The van der Waals surface area contributed by atoms with Gasteiger partial charge in [0.15, 0.2) is 0 Å². The molecule has 0 spiro atoms. The molecule has 0 aromatic heterocycles. The molecule has 132 valence electrons. The van der Waals surface area contributed by atoms with Gasteiger partial charge in [0.25, 0.3) is 5.91 Å². The Morgan fingerprint density at radius 2 is 1.77 bits per heavy atom. The summed E-state index contributed by atoms with van der Waals surface area (Å²) in [4.78, 5) is 12.3. The molecule has 3 aromatic rings. The Labute approximate surface area is 150 Å². The molecule has 1 amide bonds. The molecule has 3 aromatic carbocycles. The zero-order chi connectivity index (χ0) is 18.5. The van der Waals surface area contributed by atoms with Crippen molar-refractivity contribution in [3.8, 4) is 17.2 Å². The van der Waals surface area contributed by atoms with Crippen molar-refractivity contribution in [3.05, 3.63) is 65.7 Å². The summed E-state index contributed by atoms with van der Waals surface area (Å²) >= 11 is 0. The second-order valence-electron chi connectivity index (χ2n) is 5.52. The highest BCUT2D eigenvalue weighted by molar-refractivity contribution is 6.01. The lowest BCUT2D eigenvalue weighted by atomic mass is 10.1.